The van der Waals surface area contributed by atoms with E-state index in [0.29, 0.717) is 40.2 Å². The molecule has 4 amide bonds. The number of aliphatic hydroxyl groups is 1. The number of imide groups is 2. The van der Waals surface area contributed by atoms with Crippen molar-refractivity contribution in [3.05, 3.63) is 82.6 Å². The minimum absolute atomic E-state index is 0.0468. The van der Waals surface area contributed by atoms with E-state index in [1.807, 2.05) is 54.6 Å². The fraction of sp³-hybridized carbons (Fsp3) is 0.483. The van der Waals surface area contributed by atoms with E-state index in [9.17, 15) is 38.7 Å². The molecule has 0 spiro atoms. The number of hydrogen-bond acceptors (Lipinski definition) is 14. The Morgan fingerprint density at radius 2 is 1.05 bits per heavy atom. The largest absolute Gasteiger partial charge is 0.506 e. The number of carbonyl (C=O) groups excluding carboxylic acids is 7. The zero-order valence-corrected chi connectivity index (χ0v) is 42.7. The van der Waals surface area contributed by atoms with E-state index in [1.165, 1.54) is 0 Å². The summed E-state index contributed by atoms with van der Waals surface area (Å²) < 4.78 is 0. The highest BCUT2D eigenvalue weighted by atomic mass is 16.7. The maximum Gasteiger partial charge on any atom is 0.333 e. The Bertz CT molecular complexity index is 3030. The molecule has 74 heavy (non-hydrogen) atoms. The number of benzene rings is 4. The third kappa shape index (κ3) is 10.8. The summed E-state index contributed by atoms with van der Waals surface area (Å²) in [5.41, 5.74) is 2.92. The number of rotatable bonds is 25. The third-order valence-electron chi connectivity index (χ3n) is 15.2. The first-order valence-corrected chi connectivity index (χ1v) is 27.0. The molecule has 4 aromatic rings. The van der Waals surface area contributed by atoms with Gasteiger partial charge in [0, 0.05) is 66.4 Å². The van der Waals surface area contributed by atoms with Gasteiger partial charge >= 0.3 is 11.9 Å². The Kier molecular flexibility index (Phi) is 15.8. The van der Waals surface area contributed by atoms with Crippen LogP contribution in [-0.2, 0) is 43.2 Å². The van der Waals surface area contributed by atoms with Crippen LogP contribution in [0, 0.1) is 0 Å². The molecular formula is C58H68N6O10. The quantitative estimate of drug-likeness (QED) is 0.0360. The molecule has 1 aliphatic carbocycles. The van der Waals surface area contributed by atoms with Gasteiger partial charge in [-0.1, -0.05) is 102 Å². The number of hydroxylamine groups is 4. The number of unbranched alkanes of at least 4 members (excludes halogenated alkanes) is 10. The highest BCUT2D eigenvalue weighted by Crippen LogP contribution is 2.47. The number of allylic oxidation sites excluding steroid dienone is 2. The van der Waals surface area contributed by atoms with E-state index in [1.54, 1.807) is 0 Å². The average molecular weight is 1010 g/mol. The van der Waals surface area contributed by atoms with Crippen LogP contribution >= 0.6 is 0 Å². The Hall–Kier alpha value is -7.10. The van der Waals surface area contributed by atoms with Crippen LogP contribution in [0.3, 0.4) is 0 Å². The summed E-state index contributed by atoms with van der Waals surface area (Å²) in [4.78, 5) is 103. The van der Waals surface area contributed by atoms with Gasteiger partial charge in [0.15, 0.2) is 0 Å². The zero-order chi connectivity index (χ0) is 52.0. The smallest absolute Gasteiger partial charge is 0.333 e. The molecule has 0 aromatic heterocycles. The molecule has 2 unspecified atom stereocenters. The maximum atomic E-state index is 14.5. The van der Waals surface area contributed by atoms with Crippen molar-refractivity contribution in [2.75, 3.05) is 16.0 Å². The number of nitrogens with zero attached hydrogens (tertiary/aromatic N) is 3. The first kappa shape index (κ1) is 51.8. The number of aliphatic hydroxyl groups excluding tert-OH is 1. The highest BCUT2D eigenvalue weighted by molar-refractivity contribution is 6.53. The van der Waals surface area contributed by atoms with Gasteiger partial charge in [0.25, 0.3) is 23.6 Å². The molecule has 2 fully saturated rings. The molecule has 16 nitrogen and oxygen atoms in total. The Morgan fingerprint density at radius 3 is 1.59 bits per heavy atom. The average Bonchev–Trinajstić information content (AvgIpc) is 3.88. The van der Waals surface area contributed by atoms with Crippen molar-refractivity contribution in [3.63, 3.8) is 0 Å². The molecule has 4 heterocycles. The van der Waals surface area contributed by atoms with Crippen LogP contribution < -0.4 is 26.5 Å². The predicted molar refractivity (Wildman–Crippen MR) is 281 cm³/mol. The molecule has 0 bridgehead atoms. The fourth-order valence-electron chi connectivity index (χ4n) is 11.4. The van der Waals surface area contributed by atoms with Gasteiger partial charge in [-0.15, -0.1) is 10.1 Å². The summed E-state index contributed by atoms with van der Waals surface area (Å²) in [6.07, 6.45) is 16.4. The summed E-state index contributed by atoms with van der Waals surface area (Å²) in [5.74, 6) is -3.42. The monoisotopic (exact) mass is 1010 g/mol. The molecule has 390 valence electrons. The SMILES string of the molecule is CCCCCCC1(CCCCCC(=O)ON2C(=O)CCC2=O)N=c2cc/c(=C3\C(=O)C(c4ccc5c6c(cccc46)NC(CCCCCC)(CCCCCC(=O)ON4C(=O)CCC4=O)N5)=C3O)c3cccc(c23)N1. The zero-order valence-electron chi connectivity index (χ0n) is 42.7. The molecule has 4 aromatic carbocycles. The third-order valence-corrected chi connectivity index (χ3v) is 15.2. The van der Waals surface area contributed by atoms with Gasteiger partial charge in [-0.2, -0.15) is 0 Å². The fourth-order valence-corrected chi connectivity index (χ4v) is 11.4. The molecule has 2 saturated heterocycles. The van der Waals surface area contributed by atoms with Crippen molar-refractivity contribution in [1.82, 2.24) is 10.1 Å². The molecule has 5 aliphatic rings. The lowest BCUT2D eigenvalue weighted by atomic mass is 9.79. The van der Waals surface area contributed by atoms with E-state index in [-0.39, 0.29) is 61.2 Å². The minimum Gasteiger partial charge on any atom is -0.506 e. The first-order valence-electron chi connectivity index (χ1n) is 27.0. The standard InChI is InChI=1S/C58H68N6O10/c1-3-5-7-13-33-57(35-15-9-11-23-49(69)73-63-45(65)29-30-46(63)66)59-41-21-17-19-37-39(25-27-43(61-57)51(37)41)53-55(71)54(56(53)72)40-26-28-44-52-38(40)20-18-22-42(52)60-58(62-44,34-14-8-6-4-2)36-16-10-12-24-50(70)74-64-47(67)31-32-48(64)68/h17-22,25-28,59-61,71H,3-16,23-24,29-36H2,1-2H3/b54-40+. The van der Waals surface area contributed by atoms with Gasteiger partial charge in [-0.3, -0.25) is 29.0 Å². The molecule has 4 aliphatic heterocycles. The number of nitrogens with one attached hydrogen (secondary N) is 3. The van der Waals surface area contributed by atoms with Crippen molar-refractivity contribution in [2.24, 2.45) is 4.99 Å². The Balaban J connectivity index is 0.929. The topological polar surface area (TPSA) is 213 Å². The Labute approximate surface area is 430 Å². The summed E-state index contributed by atoms with van der Waals surface area (Å²) in [6, 6.07) is 19.8. The number of Topliss-reactive ketones (excluding diaryl/α,β-unsaturated/α-hetero) is 1. The summed E-state index contributed by atoms with van der Waals surface area (Å²) in [5, 5.41) is 29.7. The molecule has 0 radical (unpaired) electrons. The summed E-state index contributed by atoms with van der Waals surface area (Å²) >= 11 is 0. The van der Waals surface area contributed by atoms with Crippen molar-refractivity contribution < 1.29 is 48.3 Å². The van der Waals surface area contributed by atoms with Crippen LogP contribution in [0.25, 0.3) is 32.7 Å². The lowest BCUT2D eigenvalue weighted by Gasteiger charge is -2.42. The van der Waals surface area contributed by atoms with E-state index in [2.05, 4.69) is 35.9 Å². The van der Waals surface area contributed by atoms with Crippen molar-refractivity contribution in [1.29, 1.82) is 0 Å². The second-order valence-electron chi connectivity index (χ2n) is 20.6. The van der Waals surface area contributed by atoms with E-state index < -0.39 is 46.9 Å². The van der Waals surface area contributed by atoms with Gasteiger partial charge in [0.05, 0.1) is 16.5 Å². The normalized spacial score (nSPS) is 20.7. The van der Waals surface area contributed by atoms with Crippen molar-refractivity contribution in [3.8, 4) is 0 Å². The van der Waals surface area contributed by atoms with Gasteiger partial charge in [-0.25, -0.2) is 9.59 Å². The van der Waals surface area contributed by atoms with Gasteiger partial charge < -0.3 is 30.7 Å². The van der Waals surface area contributed by atoms with Crippen LogP contribution in [0.5, 0.6) is 0 Å². The van der Waals surface area contributed by atoms with Crippen LogP contribution in [0.15, 0.2) is 71.4 Å². The van der Waals surface area contributed by atoms with Gasteiger partial charge in [0.2, 0.25) is 5.78 Å². The number of carbonyl (C=O) groups is 7. The summed E-state index contributed by atoms with van der Waals surface area (Å²) in [6.45, 7) is 4.38. The van der Waals surface area contributed by atoms with Crippen LogP contribution in [0.4, 0.5) is 17.1 Å². The van der Waals surface area contributed by atoms with Crippen molar-refractivity contribution >= 4 is 91.1 Å². The predicted octanol–water partition coefficient (Wildman–Crippen LogP) is 10.0. The van der Waals surface area contributed by atoms with E-state index in [4.69, 9.17) is 14.7 Å². The second kappa shape index (κ2) is 22.6. The number of anilines is 3. The van der Waals surface area contributed by atoms with Crippen LogP contribution in [-0.4, -0.2) is 67.9 Å². The van der Waals surface area contributed by atoms with Crippen LogP contribution in [0.2, 0.25) is 0 Å². The van der Waals surface area contributed by atoms with Crippen LogP contribution in [0.1, 0.15) is 174 Å². The number of ketones is 1. The summed E-state index contributed by atoms with van der Waals surface area (Å²) in [7, 11) is 0. The molecule has 4 N–H and O–H groups in total. The van der Waals surface area contributed by atoms with Gasteiger partial charge in [0.1, 0.15) is 17.1 Å². The van der Waals surface area contributed by atoms with Crippen molar-refractivity contribution in [2.45, 2.75) is 179 Å². The van der Waals surface area contributed by atoms with E-state index in [0.717, 1.165) is 140 Å². The maximum absolute atomic E-state index is 14.5. The lowest BCUT2D eigenvalue weighted by Crippen LogP contribution is -2.48. The van der Waals surface area contributed by atoms with Gasteiger partial charge in [-0.05, 0) is 110 Å². The molecule has 16 heteroatoms. The lowest BCUT2D eigenvalue weighted by molar-refractivity contribution is -0.197. The first-order chi connectivity index (χ1) is 35.8. The molecule has 2 atom stereocenters. The highest BCUT2D eigenvalue weighted by Gasteiger charge is 2.40. The minimum atomic E-state index is -0.595. The number of hydrogen-bond donors (Lipinski definition) is 4. The number of amides is 4. The second-order valence-corrected chi connectivity index (χ2v) is 20.6. The Morgan fingerprint density at radius 1 is 0.554 bits per heavy atom. The van der Waals surface area contributed by atoms with E-state index >= 15 is 0 Å². The molecule has 0 saturated carbocycles. The molecule has 9 rings (SSSR count). The molecular weight excluding hydrogens is 941 g/mol.